The van der Waals surface area contributed by atoms with Crippen molar-refractivity contribution in [1.29, 1.82) is 0 Å². The van der Waals surface area contributed by atoms with Crippen molar-refractivity contribution in [2.75, 3.05) is 30.9 Å². The molecule has 0 aliphatic carbocycles. The minimum Gasteiger partial charge on any atom is -0.322 e. The summed E-state index contributed by atoms with van der Waals surface area (Å²) in [4.78, 5) is 26.0. The average Bonchev–Trinajstić information content (AvgIpc) is 3.14. The van der Waals surface area contributed by atoms with E-state index in [2.05, 4.69) is 5.32 Å². The van der Waals surface area contributed by atoms with Crippen LogP contribution >= 0.6 is 0 Å². The largest absolute Gasteiger partial charge is 0.322 e. The maximum absolute atomic E-state index is 12.4. The van der Waals surface area contributed by atoms with Crippen molar-refractivity contribution < 1.29 is 18.0 Å². The van der Waals surface area contributed by atoms with E-state index in [1.165, 1.54) is 26.2 Å². The molecule has 30 heavy (non-hydrogen) atoms. The Balaban J connectivity index is 1.68. The second-order valence-corrected chi connectivity index (χ2v) is 9.45. The Hall–Kier alpha value is -2.97. The number of sulfonamides is 1. The summed E-state index contributed by atoms with van der Waals surface area (Å²) < 4.78 is 26.0. The van der Waals surface area contributed by atoms with Gasteiger partial charge in [0.2, 0.25) is 21.8 Å². The number of hydrogen-bond donors (Lipinski definition) is 1. The number of hydrogen-bond acceptors (Lipinski definition) is 4. The summed E-state index contributed by atoms with van der Waals surface area (Å²) in [6.45, 7) is 2.44. The van der Waals surface area contributed by atoms with E-state index in [-0.39, 0.29) is 16.7 Å². The quantitative estimate of drug-likeness (QED) is 0.718. The van der Waals surface area contributed by atoms with Crippen LogP contribution in [0.3, 0.4) is 0 Å². The normalized spacial score (nSPS) is 14.7. The van der Waals surface area contributed by atoms with Gasteiger partial charge >= 0.3 is 0 Å². The number of anilines is 2. The molecule has 0 atom stereocenters. The predicted octanol–water partition coefficient (Wildman–Crippen LogP) is 3.02. The highest BCUT2D eigenvalue weighted by atomic mass is 32.2. The first-order valence-corrected chi connectivity index (χ1v) is 11.0. The lowest BCUT2D eigenvalue weighted by Gasteiger charge is -2.15. The number of aryl methyl sites for hydroxylation is 1. The minimum absolute atomic E-state index is 0.131. The SMILES string of the molecule is Cc1ccc(NC(=O)/C=C/c2ccc(N3CCCC3=O)cc2)cc1S(=O)(=O)N(C)C. The molecular weight excluding hydrogens is 402 g/mol. The van der Waals surface area contributed by atoms with Crippen molar-refractivity contribution in [2.24, 2.45) is 0 Å². The number of nitrogens with zero attached hydrogens (tertiary/aromatic N) is 2. The van der Waals surface area contributed by atoms with E-state index in [1.807, 2.05) is 24.3 Å². The van der Waals surface area contributed by atoms with Crippen molar-refractivity contribution >= 4 is 39.3 Å². The first kappa shape index (κ1) is 21.7. The van der Waals surface area contributed by atoms with Crippen LogP contribution in [0, 0.1) is 6.92 Å². The van der Waals surface area contributed by atoms with Crippen LogP contribution in [0.1, 0.15) is 24.0 Å². The fourth-order valence-corrected chi connectivity index (χ4v) is 4.34. The number of nitrogens with one attached hydrogen (secondary N) is 1. The highest BCUT2D eigenvalue weighted by molar-refractivity contribution is 7.89. The van der Waals surface area contributed by atoms with E-state index in [4.69, 9.17) is 0 Å². The highest BCUT2D eigenvalue weighted by Crippen LogP contribution is 2.23. The third-order valence-corrected chi connectivity index (χ3v) is 6.88. The Morgan fingerprint density at radius 3 is 2.43 bits per heavy atom. The van der Waals surface area contributed by atoms with Gasteiger partial charge in [-0.3, -0.25) is 9.59 Å². The molecule has 2 amide bonds. The van der Waals surface area contributed by atoms with E-state index in [0.717, 1.165) is 28.5 Å². The summed E-state index contributed by atoms with van der Waals surface area (Å²) in [5, 5.41) is 2.69. The lowest BCUT2D eigenvalue weighted by Crippen LogP contribution is -2.23. The summed E-state index contributed by atoms with van der Waals surface area (Å²) in [7, 11) is -0.668. The lowest BCUT2D eigenvalue weighted by molar-refractivity contribution is -0.117. The van der Waals surface area contributed by atoms with Crippen LogP contribution in [0.25, 0.3) is 6.08 Å². The second kappa shape index (κ2) is 8.81. The molecule has 0 saturated carbocycles. The van der Waals surface area contributed by atoms with E-state index < -0.39 is 10.0 Å². The molecule has 2 aromatic carbocycles. The van der Waals surface area contributed by atoms with Gasteiger partial charge in [0, 0.05) is 44.5 Å². The topological polar surface area (TPSA) is 86.8 Å². The summed E-state index contributed by atoms with van der Waals surface area (Å²) in [6.07, 6.45) is 4.50. The minimum atomic E-state index is -3.60. The molecule has 0 aromatic heterocycles. The third kappa shape index (κ3) is 4.77. The Morgan fingerprint density at radius 2 is 1.83 bits per heavy atom. The van der Waals surface area contributed by atoms with Gasteiger partial charge in [-0.25, -0.2) is 12.7 Å². The summed E-state index contributed by atoms with van der Waals surface area (Å²) >= 11 is 0. The van der Waals surface area contributed by atoms with Gasteiger partial charge in [0.25, 0.3) is 0 Å². The van der Waals surface area contributed by atoms with Gasteiger partial charge < -0.3 is 10.2 Å². The van der Waals surface area contributed by atoms with Crippen LogP contribution in [0.2, 0.25) is 0 Å². The standard InChI is InChI=1S/C22H25N3O4S/c1-16-6-10-18(15-20(16)30(28,29)24(2)3)23-21(26)13-9-17-7-11-19(12-8-17)25-14-4-5-22(25)27/h6-13,15H,4-5,14H2,1-3H3,(H,23,26)/b13-9+. The highest BCUT2D eigenvalue weighted by Gasteiger charge is 2.21. The van der Waals surface area contributed by atoms with Crippen LogP contribution < -0.4 is 10.2 Å². The van der Waals surface area contributed by atoms with Gasteiger partial charge in [0.15, 0.2) is 0 Å². The van der Waals surface area contributed by atoms with E-state index in [1.54, 1.807) is 30.0 Å². The molecule has 1 fully saturated rings. The van der Waals surface area contributed by atoms with Crippen LogP contribution in [0.4, 0.5) is 11.4 Å². The molecule has 1 aliphatic rings. The van der Waals surface area contributed by atoms with Gasteiger partial charge in [-0.2, -0.15) is 0 Å². The van der Waals surface area contributed by atoms with E-state index in [9.17, 15) is 18.0 Å². The number of benzene rings is 2. The first-order chi connectivity index (χ1) is 14.2. The molecule has 158 valence electrons. The maximum Gasteiger partial charge on any atom is 0.248 e. The van der Waals surface area contributed by atoms with E-state index in [0.29, 0.717) is 17.7 Å². The predicted molar refractivity (Wildman–Crippen MR) is 118 cm³/mol. The fraction of sp³-hybridized carbons (Fsp3) is 0.273. The van der Waals surface area contributed by atoms with E-state index >= 15 is 0 Å². The number of carbonyl (C=O) groups is 2. The van der Waals surface area contributed by atoms with Crippen molar-refractivity contribution in [3.8, 4) is 0 Å². The summed E-state index contributed by atoms with van der Waals surface area (Å²) in [5.74, 6) is -0.239. The van der Waals surface area contributed by atoms with Crippen LogP contribution in [-0.2, 0) is 19.6 Å². The van der Waals surface area contributed by atoms with Crippen LogP contribution in [0.15, 0.2) is 53.4 Å². The van der Waals surface area contributed by atoms with Crippen molar-refractivity contribution in [3.05, 3.63) is 59.7 Å². The molecular formula is C22H25N3O4S. The molecule has 0 unspecified atom stereocenters. The second-order valence-electron chi connectivity index (χ2n) is 7.33. The van der Waals surface area contributed by atoms with Crippen LogP contribution in [0.5, 0.6) is 0 Å². The zero-order valence-electron chi connectivity index (χ0n) is 17.3. The Morgan fingerprint density at radius 1 is 1.13 bits per heavy atom. The maximum atomic E-state index is 12.4. The van der Waals surface area contributed by atoms with Crippen molar-refractivity contribution in [1.82, 2.24) is 4.31 Å². The molecule has 2 aromatic rings. The molecule has 7 nitrogen and oxygen atoms in total. The number of rotatable bonds is 6. The molecule has 1 aliphatic heterocycles. The fourth-order valence-electron chi connectivity index (χ4n) is 3.19. The van der Waals surface area contributed by atoms with Crippen molar-refractivity contribution in [2.45, 2.75) is 24.7 Å². The Kier molecular flexibility index (Phi) is 6.38. The summed E-state index contributed by atoms with van der Waals surface area (Å²) in [5.41, 5.74) is 2.68. The number of amides is 2. The third-order valence-electron chi connectivity index (χ3n) is 4.92. The molecule has 1 N–H and O–H groups in total. The zero-order chi connectivity index (χ0) is 21.9. The molecule has 1 heterocycles. The summed E-state index contributed by atoms with van der Waals surface area (Å²) in [6, 6.07) is 12.2. The first-order valence-electron chi connectivity index (χ1n) is 9.61. The van der Waals surface area contributed by atoms with Crippen molar-refractivity contribution in [3.63, 3.8) is 0 Å². The average molecular weight is 428 g/mol. The zero-order valence-corrected chi connectivity index (χ0v) is 18.1. The van der Waals surface area contributed by atoms with Gasteiger partial charge in [-0.15, -0.1) is 0 Å². The lowest BCUT2D eigenvalue weighted by atomic mass is 10.2. The molecule has 0 spiro atoms. The smallest absolute Gasteiger partial charge is 0.248 e. The molecule has 1 saturated heterocycles. The number of carbonyl (C=O) groups excluding carboxylic acids is 2. The van der Waals surface area contributed by atoms with Gasteiger partial charge in [-0.05, 0) is 54.8 Å². The van der Waals surface area contributed by atoms with Gasteiger partial charge in [0.1, 0.15) is 0 Å². The van der Waals surface area contributed by atoms with Gasteiger partial charge in [-0.1, -0.05) is 18.2 Å². The Labute approximate surface area is 177 Å². The molecule has 0 radical (unpaired) electrons. The van der Waals surface area contributed by atoms with Gasteiger partial charge in [0.05, 0.1) is 4.90 Å². The van der Waals surface area contributed by atoms with Crippen LogP contribution in [-0.4, -0.2) is 45.2 Å². The monoisotopic (exact) mass is 427 g/mol. The molecule has 3 rings (SSSR count). The molecule has 0 bridgehead atoms. The molecule has 8 heteroatoms. The Bertz CT molecular complexity index is 1090.